The summed E-state index contributed by atoms with van der Waals surface area (Å²) < 4.78 is 6.52. The number of aliphatic imine (C=N–C) groups is 1. The van der Waals surface area contributed by atoms with Crippen LogP contribution < -0.4 is 0 Å². The molecule has 0 radical (unpaired) electrons. The number of nitrogens with zero attached hydrogens (tertiary/aromatic N) is 3. The molecule has 1 saturated heterocycles. The van der Waals surface area contributed by atoms with Crippen LogP contribution in [0, 0.1) is 5.92 Å². The van der Waals surface area contributed by atoms with Crippen molar-refractivity contribution >= 4 is 33.4 Å². The fourth-order valence-electron chi connectivity index (χ4n) is 3.33. The fraction of sp³-hybridized carbons (Fsp3) is 0.611. The third kappa shape index (κ3) is 3.79. The largest absolute Gasteiger partial charge is 0.444 e. The maximum atomic E-state index is 12.6. The average Bonchev–Trinajstić information content (AvgIpc) is 2.87. The highest BCUT2D eigenvalue weighted by Gasteiger charge is 2.39. The number of fused-ring (bicyclic) bond motifs is 1. The number of aromatic nitrogens is 1. The lowest BCUT2D eigenvalue weighted by Crippen LogP contribution is -2.43. The van der Waals surface area contributed by atoms with E-state index in [0.717, 1.165) is 47.4 Å². The lowest BCUT2D eigenvalue weighted by Gasteiger charge is -2.30. The molecule has 0 aliphatic carbocycles. The minimum absolute atomic E-state index is 0.0296. The third-order valence-corrected chi connectivity index (χ3v) is 4.75. The predicted octanol–water partition coefficient (Wildman–Crippen LogP) is 4.51. The number of carbonyl (C=O) groups excluding carboxylic acids is 1. The molecule has 2 aliphatic heterocycles. The van der Waals surface area contributed by atoms with Gasteiger partial charge in [-0.2, -0.15) is 0 Å². The minimum atomic E-state index is -0.483. The van der Waals surface area contributed by atoms with Crippen LogP contribution in [0.1, 0.15) is 46.2 Å². The van der Waals surface area contributed by atoms with Crippen LogP contribution in [0.3, 0.4) is 0 Å². The number of carbonyl (C=O) groups is 1. The number of likely N-dealkylation sites (tertiary alicyclic amines) is 1. The van der Waals surface area contributed by atoms with Gasteiger partial charge in [0.05, 0.1) is 17.4 Å². The van der Waals surface area contributed by atoms with Crippen molar-refractivity contribution < 1.29 is 9.53 Å². The van der Waals surface area contributed by atoms with Crippen LogP contribution in [0.15, 0.2) is 21.7 Å². The highest BCUT2D eigenvalue weighted by molar-refractivity contribution is 9.10. The van der Waals surface area contributed by atoms with Crippen molar-refractivity contribution in [1.82, 2.24) is 9.88 Å². The summed E-state index contributed by atoms with van der Waals surface area (Å²) in [7, 11) is 0. The van der Waals surface area contributed by atoms with Crippen LogP contribution in [0.4, 0.5) is 10.5 Å². The monoisotopic (exact) mass is 393 g/mol. The zero-order valence-electron chi connectivity index (χ0n) is 14.7. The SMILES string of the molecule is CC1CC(C2=Nc3cc(Br)cnc3CC2)N(C(=O)OC(C)(C)C)C1. The van der Waals surface area contributed by atoms with E-state index in [1.54, 1.807) is 0 Å². The topological polar surface area (TPSA) is 54.8 Å². The Morgan fingerprint density at radius 2 is 2.12 bits per heavy atom. The summed E-state index contributed by atoms with van der Waals surface area (Å²) in [5, 5.41) is 0. The van der Waals surface area contributed by atoms with E-state index in [1.807, 2.05) is 37.9 Å². The Labute approximate surface area is 151 Å². The molecular weight excluding hydrogens is 370 g/mol. The Kier molecular flexibility index (Phi) is 4.69. The molecule has 130 valence electrons. The molecule has 5 nitrogen and oxygen atoms in total. The molecule has 2 unspecified atom stereocenters. The van der Waals surface area contributed by atoms with Crippen LogP contribution in [-0.2, 0) is 11.2 Å². The summed E-state index contributed by atoms with van der Waals surface area (Å²) in [6, 6.07) is 2.03. The molecule has 2 atom stereocenters. The van der Waals surface area contributed by atoms with Crippen molar-refractivity contribution in [3.63, 3.8) is 0 Å². The fourth-order valence-corrected chi connectivity index (χ4v) is 3.65. The van der Waals surface area contributed by atoms with E-state index in [0.29, 0.717) is 5.92 Å². The van der Waals surface area contributed by atoms with Gasteiger partial charge in [-0.1, -0.05) is 6.92 Å². The average molecular weight is 394 g/mol. The molecule has 0 saturated carbocycles. The molecule has 2 aliphatic rings. The first-order valence-electron chi connectivity index (χ1n) is 8.44. The second kappa shape index (κ2) is 6.47. The van der Waals surface area contributed by atoms with Crippen LogP contribution >= 0.6 is 15.9 Å². The van der Waals surface area contributed by atoms with Crippen molar-refractivity contribution in [1.29, 1.82) is 0 Å². The predicted molar refractivity (Wildman–Crippen MR) is 97.9 cm³/mol. The Hall–Kier alpha value is -1.43. The summed E-state index contributed by atoms with van der Waals surface area (Å²) in [5.41, 5.74) is 2.52. The highest BCUT2D eigenvalue weighted by Crippen LogP contribution is 2.33. The van der Waals surface area contributed by atoms with Gasteiger partial charge >= 0.3 is 6.09 Å². The van der Waals surface area contributed by atoms with Gasteiger partial charge in [0.15, 0.2) is 0 Å². The van der Waals surface area contributed by atoms with E-state index in [4.69, 9.17) is 9.73 Å². The smallest absolute Gasteiger partial charge is 0.410 e. The van der Waals surface area contributed by atoms with Gasteiger partial charge in [0.2, 0.25) is 0 Å². The minimum Gasteiger partial charge on any atom is -0.444 e. The number of amides is 1. The summed E-state index contributed by atoms with van der Waals surface area (Å²) >= 11 is 3.46. The first-order chi connectivity index (χ1) is 11.2. The van der Waals surface area contributed by atoms with Crippen molar-refractivity contribution in [3.05, 3.63) is 22.4 Å². The molecule has 24 heavy (non-hydrogen) atoms. The van der Waals surface area contributed by atoms with E-state index in [2.05, 4.69) is 27.8 Å². The van der Waals surface area contributed by atoms with Crippen molar-refractivity contribution in [2.45, 2.75) is 58.6 Å². The molecule has 6 heteroatoms. The van der Waals surface area contributed by atoms with Crippen molar-refractivity contribution in [3.8, 4) is 0 Å². The van der Waals surface area contributed by atoms with Gasteiger partial charge in [-0.3, -0.25) is 14.9 Å². The molecule has 0 N–H and O–H groups in total. The van der Waals surface area contributed by atoms with E-state index in [9.17, 15) is 4.79 Å². The maximum absolute atomic E-state index is 12.6. The number of pyridine rings is 1. The van der Waals surface area contributed by atoms with Crippen LogP contribution in [0.5, 0.6) is 0 Å². The summed E-state index contributed by atoms with van der Waals surface area (Å²) in [5.74, 6) is 0.451. The number of hydrogen-bond donors (Lipinski definition) is 0. The number of ether oxygens (including phenoxy) is 1. The van der Waals surface area contributed by atoms with E-state index >= 15 is 0 Å². The molecule has 3 rings (SSSR count). The summed E-state index contributed by atoms with van der Waals surface area (Å²) in [6.07, 6.45) is 4.23. The van der Waals surface area contributed by atoms with Crippen LogP contribution in [0.25, 0.3) is 0 Å². The molecule has 0 aromatic carbocycles. The lowest BCUT2D eigenvalue weighted by molar-refractivity contribution is 0.0260. The first-order valence-corrected chi connectivity index (χ1v) is 9.24. The Morgan fingerprint density at radius 3 is 2.83 bits per heavy atom. The lowest BCUT2D eigenvalue weighted by atomic mass is 9.97. The Balaban J connectivity index is 1.85. The molecule has 1 aromatic heterocycles. The first kappa shape index (κ1) is 17.4. The summed E-state index contributed by atoms with van der Waals surface area (Å²) in [4.78, 5) is 23.7. The third-order valence-electron chi connectivity index (χ3n) is 4.32. The molecule has 1 aromatic rings. The second-order valence-electron chi connectivity index (χ2n) is 7.71. The van der Waals surface area contributed by atoms with Gasteiger partial charge in [-0.15, -0.1) is 0 Å². The molecule has 1 amide bonds. The second-order valence-corrected chi connectivity index (χ2v) is 8.63. The molecule has 0 bridgehead atoms. The van der Waals surface area contributed by atoms with Gasteiger partial charge < -0.3 is 4.74 Å². The van der Waals surface area contributed by atoms with Crippen molar-refractivity contribution in [2.75, 3.05) is 6.54 Å². The van der Waals surface area contributed by atoms with Gasteiger partial charge in [-0.25, -0.2) is 4.79 Å². The molecule has 3 heterocycles. The highest BCUT2D eigenvalue weighted by atomic mass is 79.9. The number of aryl methyl sites for hydroxylation is 1. The van der Waals surface area contributed by atoms with E-state index < -0.39 is 5.60 Å². The number of hydrogen-bond acceptors (Lipinski definition) is 4. The molecule has 1 fully saturated rings. The molecular formula is C18H24BrN3O2. The van der Waals surface area contributed by atoms with Gasteiger partial charge in [0.1, 0.15) is 5.60 Å². The van der Waals surface area contributed by atoms with Crippen LogP contribution in [-0.4, -0.2) is 39.9 Å². The zero-order valence-corrected chi connectivity index (χ0v) is 16.3. The maximum Gasteiger partial charge on any atom is 0.410 e. The Morgan fingerprint density at radius 1 is 1.38 bits per heavy atom. The number of halogens is 1. The van der Waals surface area contributed by atoms with Gasteiger partial charge in [-0.05, 0) is 67.9 Å². The van der Waals surface area contributed by atoms with Gasteiger partial charge in [0.25, 0.3) is 0 Å². The number of rotatable bonds is 1. The van der Waals surface area contributed by atoms with E-state index in [-0.39, 0.29) is 12.1 Å². The molecule has 0 spiro atoms. The normalized spacial score (nSPS) is 23.7. The Bertz CT molecular complexity index is 681. The standard InChI is InChI=1S/C18H24BrN3O2/c1-11-7-16(22(10-11)17(23)24-18(2,3)4)14-6-5-13-15(21-14)8-12(19)9-20-13/h8-9,11,16H,5-7,10H2,1-4H3. The van der Waals surface area contributed by atoms with Crippen LogP contribution in [0.2, 0.25) is 0 Å². The summed E-state index contributed by atoms with van der Waals surface area (Å²) in [6.45, 7) is 8.60. The van der Waals surface area contributed by atoms with Gasteiger partial charge in [0, 0.05) is 22.9 Å². The van der Waals surface area contributed by atoms with Crippen molar-refractivity contribution in [2.24, 2.45) is 10.9 Å². The zero-order chi connectivity index (χ0) is 17.5. The van der Waals surface area contributed by atoms with E-state index in [1.165, 1.54) is 0 Å². The quantitative estimate of drug-likeness (QED) is 0.704.